The molecule has 2 N–H and O–H groups in total. The first kappa shape index (κ1) is 15.1. The normalized spacial score (nSPS) is 23.2. The van der Waals surface area contributed by atoms with E-state index >= 15 is 0 Å². The van der Waals surface area contributed by atoms with Gasteiger partial charge >= 0.3 is 5.69 Å². The highest BCUT2D eigenvalue weighted by Gasteiger charge is 2.42. The molecule has 0 saturated heterocycles. The van der Waals surface area contributed by atoms with Gasteiger partial charge in [0.1, 0.15) is 11.6 Å². The number of nitrogens with zero attached hydrogens (tertiary/aromatic N) is 1. The van der Waals surface area contributed by atoms with Gasteiger partial charge in [-0.2, -0.15) is 0 Å². The number of aromatic amines is 2. The van der Waals surface area contributed by atoms with Gasteiger partial charge in [0, 0.05) is 18.1 Å². The van der Waals surface area contributed by atoms with E-state index in [-0.39, 0.29) is 18.4 Å². The van der Waals surface area contributed by atoms with E-state index in [1.807, 2.05) is 6.07 Å². The Bertz CT molecular complexity index is 1080. The molecule has 1 aliphatic carbocycles. The third-order valence-corrected chi connectivity index (χ3v) is 5.18. The van der Waals surface area contributed by atoms with E-state index in [1.54, 1.807) is 12.1 Å². The zero-order valence-corrected chi connectivity index (χ0v) is 13.7. The molecule has 3 aliphatic rings. The average molecular weight is 353 g/mol. The molecule has 8 nitrogen and oxygen atoms in total. The number of hydrogen-bond donors (Lipinski definition) is 2. The van der Waals surface area contributed by atoms with Crippen LogP contribution in [0.15, 0.2) is 32.8 Å². The minimum absolute atomic E-state index is 0.0638. The van der Waals surface area contributed by atoms with E-state index in [0.717, 1.165) is 17.7 Å². The van der Waals surface area contributed by atoms with Crippen LogP contribution >= 0.6 is 0 Å². The van der Waals surface area contributed by atoms with Crippen molar-refractivity contribution < 1.29 is 14.3 Å². The van der Waals surface area contributed by atoms with Gasteiger partial charge in [-0.25, -0.2) is 9.79 Å². The highest BCUT2D eigenvalue weighted by molar-refractivity contribution is 6.10. The molecule has 0 amide bonds. The van der Waals surface area contributed by atoms with Gasteiger partial charge in [-0.1, -0.05) is 6.07 Å². The van der Waals surface area contributed by atoms with Crippen molar-refractivity contribution in [3.63, 3.8) is 0 Å². The van der Waals surface area contributed by atoms with E-state index in [4.69, 9.17) is 9.47 Å². The largest absolute Gasteiger partial charge is 0.454 e. The van der Waals surface area contributed by atoms with Crippen molar-refractivity contribution in [3.05, 3.63) is 50.2 Å². The number of Topliss-reactive ketones (excluding diaryl/α,β-unsaturated/α-hetero) is 1. The number of aliphatic imine (C=N–C) groups is 1. The number of carbonyl (C=O) groups is 1. The van der Waals surface area contributed by atoms with Gasteiger partial charge in [0.05, 0.1) is 11.5 Å². The number of rotatable bonds is 1. The van der Waals surface area contributed by atoms with Gasteiger partial charge in [-0.3, -0.25) is 19.6 Å². The van der Waals surface area contributed by atoms with E-state index in [9.17, 15) is 14.4 Å². The molecule has 8 heteroatoms. The first-order valence-electron chi connectivity index (χ1n) is 8.48. The van der Waals surface area contributed by atoms with Gasteiger partial charge in [0.25, 0.3) is 5.56 Å². The van der Waals surface area contributed by atoms with Crippen LogP contribution in [0.5, 0.6) is 11.5 Å². The van der Waals surface area contributed by atoms with Gasteiger partial charge < -0.3 is 9.47 Å². The summed E-state index contributed by atoms with van der Waals surface area (Å²) in [4.78, 5) is 46.3. The number of ketones is 1. The minimum atomic E-state index is -0.608. The van der Waals surface area contributed by atoms with E-state index in [1.165, 1.54) is 0 Å². The summed E-state index contributed by atoms with van der Waals surface area (Å²) in [6, 6.07) is 5.40. The molecule has 1 saturated carbocycles. The van der Waals surface area contributed by atoms with Crippen LogP contribution in [-0.4, -0.2) is 28.3 Å². The lowest BCUT2D eigenvalue weighted by atomic mass is 9.70. The second-order valence-corrected chi connectivity index (χ2v) is 6.66. The first-order chi connectivity index (χ1) is 12.6. The zero-order valence-electron chi connectivity index (χ0n) is 13.7. The third kappa shape index (κ3) is 2.15. The van der Waals surface area contributed by atoms with Crippen LogP contribution in [0.2, 0.25) is 0 Å². The van der Waals surface area contributed by atoms with Crippen molar-refractivity contribution in [1.82, 2.24) is 9.97 Å². The summed E-state index contributed by atoms with van der Waals surface area (Å²) >= 11 is 0. The number of carbonyl (C=O) groups excluding carboxylic acids is 1. The molecule has 0 radical (unpaired) electrons. The Morgan fingerprint density at radius 2 is 1.85 bits per heavy atom. The average Bonchev–Trinajstić information content (AvgIpc) is 3.07. The Balaban J connectivity index is 1.76. The fourth-order valence-corrected chi connectivity index (χ4v) is 4.08. The molecule has 2 atom stereocenters. The van der Waals surface area contributed by atoms with Crippen molar-refractivity contribution in [3.8, 4) is 11.5 Å². The maximum Gasteiger partial charge on any atom is 0.327 e. The predicted molar refractivity (Wildman–Crippen MR) is 91.5 cm³/mol. The SMILES string of the molecule is O=C1CCCC2=Nc3[nH]c(=O)[nH]c(=O)c3C(c3ccc4c(c3)OCO4)C12. The molecule has 0 bridgehead atoms. The lowest BCUT2D eigenvalue weighted by molar-refractivity contribution is -0.121. The lowest BCUT2D eigenvalue weighted by Gasteiger charge is -2.34. The second kappa shape index (κ2) is 5.42. The topological polar surface area (TPSA) is 114 Å². The van der Waals surface area contributed by atoms with Gasteiger partial charge in [-0.15, -0.1) is 0 Å². The van der Waals surface area contributed by atoms with Gasteiger partial charge in [-0.05, 0) is 30.5 Å². The number of aromatic nitrogens is 2. The summed E-state index contributed by atoms with van der Waals surface area (Å²) in [7, 11) is 0. The Morgan fingerprint density at radius 3 is 2.73 bits per heavy atom. The fourth-order valence-electron chi connectivity index (χ4n) is 4.08. The molecule has 2 aliphatic heterocycles. The number of benzene rings is 1. The summed E-state index contributed by atoms with van der Waals surface area (Å²) in [6.45, 7) is 0.142. The minimum Gasteiger partial charge on any atom is -0.454 e. The number of nitrogens with one attached hydrogen (secondary N) is 2. The molecule has 1 aromatic carbocycles. The summed E-state index contributed by atoms with van der Waals surface area (Å²) in [6.07, 6.45) is 1.86. The molecule has 1 fully saturated rings. The van der Waals surface area contributed by atoms with Crippen LogP contribution in [0.1, 0.15) is 36.3 Å². The predicted octanol–water partition coefficient (Wildman–Crippen LogP) is 1.38. The van der Waals surface area contributed by atoms with Crippen LogP contribution in [-0.2, 0) is 4.79 Å². The van der Waals surface area contributed by atoms with Crippen molar-refractivity contribution >= 4 is 17.3 Å². The smallest absolute Gasteiger partial charge is 0.327 e. The summed E-state index contributed by atoms with van der Waals surface area (Å²) in [5.74, 6) is 0.501. The number of fused-ring (bicyclic) bond motifs is 3. The highest BCUT2D eigenvalue weighted by atomic mass is 16.7. The second-order valence-electron chi connectivity index (χ2n) is 6.66. The van der Waals surface area contributed by atoms with Crippen LogP contribution in [0.25, 0.3) is 0 Å². The summed E-state index contributed by atoms with van der Waals surface area (Å²) in [5.41, 5.74) is 0.668. The van der Waals surface area contributed by atoms with Crippen molar-refractivity contribution in [1.29, 1.82) is 0 Å². The molecule has 0 spiro atoms. The number of H-pyrrole nitrogens is 2. The summed E-state index contributed by atoms with van der Waals surface area (Å²) in [5, 5.41) is 0. The molecule has 2 aromatic rings. The van der Waals surface area contributed by atoms with E-state index < -0.39 is 23.1 Å². The number of hydrogen-bond acceptors (Lipinski definition) is 6. The highest BCUT2D eigenvalue weighted by Crippen LogP contribution is 2.45. The van der Waals surface area contributed by atoms with Gasteiger partial charge in [0.15, 0.2) is 11.5 Å². The Morgan fingerprint density at radius 1 is 1.00 bits per heavy atom. The van der Waals surface area contributed by atoms with Crippen LogP contribution < -0.4 is 20.7 Å². The van der Waals surface area contributed by atoms with E-state index in [0.29, 0.717) is 29.9 Å². The van der Waals surface area contributed by atoms with Crippen molar-refractivity contribution in [2.45, 2.75) is 25.2 Å². The molecule has 132 valence electrons. The third-order valence-electron chi connectivity index (χ3n) is 5.18. The quantitative estimate of drug-likeness (QED) is 0.804. The Hall–Kier alpha value is -3.16. The van der Waals surface area contributed by atoms with Crippen molar-refractivity contribution in [2.24, 2.45) is 10.9 Å². The molecule has 5 rings (SSSR count). The fraction of sp³-hybridized carbons (Fsp3) is 0.333. The van der Waals surface area contributed by atoms with Crippen LogP contribution in [0.4, 0.5) is 5.82 Å². The number of ether oxygens (including phenoxy) is 2. The Kier molecular flexibility index (Phi) is 3.15. The monoisotopic (exact) mass is 353 g/mol. The van der Waals surface area contributed by atoms with E-state index in [2.05, 4.69) is 15.0 Å². The van der Waals surface area contributed by atoms with Gasteiger partial charge in [0.2, 0.25) is 6.79 Å². The maximum absolute atomic E-state index is 12.7. The van der Waals surface area contributed by atoms with Crippen LogP contribution in [0.3, 0.4) is 0 Å². The lowest BCUT2D eigenvalue weighted by Crippen LogP contribution is -2.40. The van der Waals surface area contributed by atoms with Crippen molar-refractivity contribution in [2.75, 3.05) is 6.79 Å². The molecular formula is C18H15N3O5. The first-order valence-corrected chi connectivity index (χ1v) is 8.48. The molecule has 1 aromatic heterocycles. The standard InChI is InChI=1S/C18H15N3O5/c22-10-3-1-2-9-14(10)13(8-4-5-11-12(6-8)26-7-25-11)15-16(19-9)20-18(24)21-17(15)23/h4-6,13-14H,1-3,7H2,(H2,20,21,23,24). The molecule has 2 unspecified atom stereocenters. The van der Waals surface area contributed by atoms with Crippen LogP contribution in [0, 0.1) is 5.92 Å². The zero-order chi connectivity index (χ0) is 17.8. The Labute approximate surface area is 146 Å². The molecular weight excluding hydrogens is 338 g/mol. The molecule has 26 heavy (non-hydrogen) atoms. The summed E-state index contributed by atoms with van der Waals surface area (Å²) < 4.78 is 10.8. The molecule has 3 heterocycles. The maximum atomic E-state index is 12.7.